The molecule has 0 bridgehead atoms. The summed E-state index contributed by atoms with van der Waals surface area (Å²) in [5, 5.41) is 1.48. The van der Waals surface area contributed by atoms with Crippen molar-refractivity contribution in [1.82, 2.24) is 0 Å². The van der Waals surface area contributed by atoms with Gasteiger partial charge in [-0.2, -0.15) is 4.57 Å². The maximum Gasteiger partial charge on any atom is 0.238 e. The number of hydrogen-bond acceptors (Lipinski definition) is 4. The van der Waals surface area contributed by atoms with Crippen molar-refractivity contribution in [3.05, 3.63) is 59.1 Å². The van der Waals surface area contributed by atoms with Crippen LogP contribution in [0.2, 0.25) is 0 Å². The first-order chi connectivity index (χ1) is 11.4. The van der Waals surface area contributed by atoms with Crippen LogP contribution >= 0.6 is 11.3 Å². The molecule has 1 heterocycles. The van der Waals surface area contributed by atoms with E-state index in [-0.39, 0.29) is 4.90 Å². The van der Waals surface area contributed by atoms with Crippen LogP contribution in [0.15, 0.2) is 53.4 Å². The Morgan fingerprint density at radius 3 is 2.21 bits per heavy atom. The molecule has 0 aliphatic carbocycles. The van der Waals surface area contributed by atoms with Crippen LogP contribution in [0.3, 0.4) is 0 Å². The summed E-state index contributed by atoms with van der Waals surface area (Å²) >= 11 is 1.91. The summed E-state index contributed by atoms with van der Waals surface area (Å²) in [6.45, 7) is 7.32. The molecule has 6 heteroatoms. The van der Waals surface area contributed by atoms with Gasteiger partial charge in [0.2, 0.25) is 10.5 Å². The zero-order valence-corrected chi connectivity index (χ0v) is 15.7. The molecule has 0 saturated heterocycles. The van der Waals surface area contributed by atoms with Crippen molar-refractivity contribution in [3.63, 3.8) is 0 Å². The van der Waals surface area contributed by atoms with Gasteiger partial charge in [0.15, 0.2) is 0 Å². The fourth-order valence-corrected chi connectivity index (χ4v) is 4.03. The number of rotatable bonds is 3. The molecule has 0 atom stereocenters. The number of aryl methyl sites for hydroxylation is 3. The lowest BCUT2D eigenvalue weighted by molar-refractivity contribution is -0.670. The van der Waals surface area contributed by atoms with Crippen LogP contribution in [0.4, 0.5) is 0 Å². The van der Waals surface area contributed by atoms with E-state index in [2.05, 4.69) is 42.7 Å². The Balaban J connectivity index is 0.000000177. The summed E-state index contributed by atoms with van der Waals surface area (Å²) in [5.41, 5.74) is 2.31. The molecule has 0 saturated carbocycles. The molecular formula is C18H21NO3S2. The second kappa shape index (κ2) is 7.88. The minimum absolute atomic E-state index is 0.178. The average molecular weight is 364 g/mol. The molecule has 3 rings (SSSR count). The highest BCUT2D eigenvalue weighted by molar-refractivity contribution is 7.85. The van der Waals surface area contributed by atoms with Crippen molar-refractivity contribution < 1.29 is 17.5 Å². The first kappa shape index (κ1) is 18.6. The molecule has 0 unspecified atom stereocenters. The molecule has 24 heavy (non-hydrogen) atoms. The van der Waals surface area contributed by atoms with Crippen molar-refractivity contribution in [2.75, 3.05) is 0 Å². The zero-order chi connectivity index (χ0) is 17.7. The second-order valence-electron chi connectivity index (χ2n) is 5.33. The molecule has 0 fully saturated rings. The molecule has 0 N–H and O–H groups in total. The molecule has 128 valence electrons. The lowest BCUT2D eigenvalue weighted by Gasteiger charge is -2.05. The van der Waals surface area contributed by atoms with Crippen LogP contribution in [-0.4, -0.2) is 13.0 Å². The van der Waals surface area contributed by atoms with E-state index in [4.69, 9.17) is 0 Å². The number of benzene rings is 2. The number of para-hydroxylation sites is 1. The summed E-state index contributed by atoms with van der Waals surface area (Å²) in [6.07, 6.45) is 1.13. The third-order valence-corrected chi connectivity index (χ3v) is 5.77. The molecule has 0 amide bonds. The van der Waals surface area contributed by atoms with Gasteiger partial charge in [0.25, 0.3) is 0 Å². The van der Waals surface area contributed by atoms with Crippen LogP contribution in [0, 0.1) is 6.92 Å². The topological polar surface area (TPSA) is 61.1 Å². The molecule has 4 nitrogen and oxygen atoms in total. The SMILES string of the molecule is CCc1sc2ccccc2[n+]1CC.Cc1ccc(S(=O)(=O)[O-])cc1. The largest absolute Gasteiger partial charge is 0.744 e. The Bertz CT molecular complexity index is 913. The minimum atomic E-state index is -4.27. The van der Waals surface area contributed by atoms with Crippen molar-refractivity contribution >= 4 is 31.7 Å². The van der Waals surface area contributed by atoms with Crippen LogP contribution in [-0.2, 0) is 23.1 Å². The van der Waals surface area contributed by atoms with E-state index >= 15 is 0 Å². The van der Waals surface area contributed by atoms with E-state index < -0.39 is 10.1 Å². The summed E-state index contributed by atoms with van der Waals surface area (Å²) < 4.78 is 35.0. The van der Waals surface area contributed by atoms with Crippen molar-refractivity contribution in [3.8, 4) is 0 Å². The van der Waals surface area contributed by atoms with Gasteiger partial charge in [-0.25, -0.2) is 8.42 Å². The maximum atomic E-state index is 10.4. The third kappa shape index (κ3) is 4.41. The number of nitrogens with zero attached hydrogens (tertiary/aromatic N) is 1. The van der Waals surface area contributed by atoms with Gasteiger partial charge in [-0.3, -0.25) is 0 Å². The monoisotopic (exact) mass is 363 g/mol. The predicted molar refractivity (Wildman–Crippen MR) is 96.2 cm³/mol. The quantitative estimate of drug-likeness (QED) is 0.527. The number of fused-ring (bicyclic) bond motifs is 1. The summed E-state index contributed by atoms with van der Waals surface area (Å²) in [4.78, 5) is -0.178. The summed E-state index contributed by atoms with van der Waals surface area (Å²) in [6, 6.07) is 14.4. The van der Waals surface area contributed by atoms with Crippen LogP contribution in [0.5, 0.6) is 0 Å². The Kier molecular flexibility index (Phi) is 6.10. The molecule has 0 aliphatic rings. The van der Waals surface area contributed by atoms with E-state index in [0.29, 0.717) is 0 Å². The molecule has 0 radical (unpaired) electrons. The van der Waals surface area contributed by atoms with Gasteiger partial charge in [0.05, 0.1) is 4.90 Å². The number of aromatic nitrogens is 1. The van der Waals surface area contributed by atoms with Crippen molar-refractivity contribution in [2.45, 2.75) is 38.6 Å². The summed E-state index contributed by atoms with van der Waals surface area (Å²) in [5.74, 6) is 0. The van der Waals surface area contributed by atoms with E-state index in [1.54, 1.807) is 12.1 Å². The van der Waals surface area contributed by atoms with Gasteiger partial charge in [-0.05, 0) is 32.0 Å². The van der Waals surface area contributed by atoms with E-state index in [1.165, 1.54) is 27.4 Å². The average Bonchev–Trinajstić information content (AvgIpc) is 2.92. The van der Waals surface area contributed by atoms with Gasteiger partial charge < -0.3 is 4.55 Å². The number of hydrogen-bond donors (Lipinski definition) is 0. The number of thiazole rings is 1. The fraction of sp³-hybridized carbons (Fsp3) is 0.278. The smallest absolute Gasteiger partial charge is 0.238 e. The third-order valence-electron chi connectivity index (χ3n) is 3.61. The van der Waals surface area contributed by atoms with Gasteiger partial charge >= 0.3 is 0 Å². The van der Waals surface area contributed by atoms with Crippen LogP contribution in [0.25, 0.3) is 10.2 Å². The van der Waals surface area contributed by atoms with E-state index in [9.17, 15) is 13.0 Å². The molecule has 0 spiro atoms. The highest BCUT2D eigenvalue weighted by Gasteiger charge is 2.15. The van der Waals surface area contributed by atoms with E-state index in [0.717, 1.165) is 18.5 Å². The van der Waals surface area contributed by atoms with E-state index in [1.807, 2.05) is 18.3 Å². The van der Waals surface area contributed by atoms with Crippen molar-refractivity contribution in [1.29, 1.82) is 0 Å². The molecule has 2 aromatic carbocycles. The fourth-order valence-electron chi connectivity index (χ4n) is 2.40. The predicted octanol–water partition coefficient (Wildman–Crippen LogP) is 3.67. The van der Waals surface area contributed by atoms with Crippen molar-refractivity contribution in [2.24, 2.45) is 0 Å². The second-order valence-corrected chi connectivity index (χ2v) is 7.82. The lowest BCUT2D eigenvalue weighted by Crippen LogP contribution is -2.34. The first-order valence-corrected chi connectivity index (χ1v) is 10.0. The zero-order valence-electron chi connectivity index (χ0n) is 14.0. The highest BCUT2D eigenvalue weighted by Crippen LogP contribution is 2.20. The molecule has 0 aliphatic heterocycles. The minimum Gasteiger partial charge on any atom is -0.744 e. The summed E-state index contributed by atoms with van der Waals surface area (Å²) in [7, 11) is -4.27. The normalized spacial score (nSPS) is 11.2. The molecular weight excluding hydrogens is 342 g/mol. The van der Waals surface area contributed by atoms with Gasteiger partial charge in [0, 0.05) is 12.5 Å². The van der Waals surface area contributed by atoms with Gasteiger partial charge in [0.1, 0.15) is 21.4 Å². The van der Waals surface area contributed by atoms with Gasteiger partial charge in [-0.1, -0.05) is 48.1 Å². The highest BCUT2D eigenvalue weighted by atomic mass is 32.2. The standard InChI is InChI=1S/C11H14NS.C7H8O3S/c1-3-11-12(4-2)9-7-5-6-8-10(9)13-11;1-6-2-4-7(5-3-6)11(8,9)10/h5-8H,3-4H2,1-2H3;2-5H,1H3,(H,8,9,10)/q+1;/p-1. The molecule has 1 aromatic heterocycles. The Hall–Kier alpha value is -1.76. The molecule has 3 aromatic rings. The van der Waals surface area contributed by atoms with Crippen LogP contribution < -0.4 is 4.57 Å². The Morgan fingerprint density at radius 2 is 1.67 bits per heavy atom. The Labute approximate surface area is 147 Å². The van der Waals surface area contributed by atoms with Crippen LogP contribution in [0.1, 0.15) is 24.4 Å². The van der Waals surface area contributed by atoms with Gasteiger partial charge in [-0.15, -0.1) is 0 Å². The maximum absolute atomic E-state index is 10.4. The lowest BCUT2D eigenvalue weighted by atomic mass is 10.2. The first-order valence-electron chi connectivity index (χ1n) is 7.79. The Morgan fingerprint density at radius 1 is 1.04 bits per heavy atom.